The Bertz CT molecular complexity index is 755. The highest BCUT2D eigenvalue weighted by Crippen LogP contribution is 2.33. The maximum absolute atomic E-state index is 14.1. The van der Waals surface area contributed by atoms with Gasteiger partial charge in [-0.25, -0.2) is 0 Å². The predicted molar refractivity (Wildman–Crippen MR) is 146 cm³/mol. The van der Waals surface area contributed by atoms with Crippen molar-refractivity contribution in [3.63, 3.8) is 0 Å². The monoisotopic (exact) mass is 492 g/mol. The molecular formula is C32H48N2O2. The second-order valence-corrected chi connectivity index (χ2v) is 12.2. The van der Waals surface area contributed by atoms with Crippen molar-refractivity contribution in [1.82, 2.24) is 9.80 Å². The first-order valence-electron chi connectivity index (χ1n) is 15.5. The van der Waals surface area contributed by atoms with Crippen LogP contribution in [0.4, 0.5) is 0 Å². The number of benzene rings is 1. The van der Waals surface area contributed by atoms with E-state index in [1.807, 2.05) is 24.3 Å². The van der Waals surface area contributed by atoms with E-state index in [-0.39, 0.29) is 11.8 Å². The molecule has 0 saturated heterocycles. The first-order valence-corrected chi connectivity index (χ1v) is 15.5. The normalized spacial score (nSPS) is 23.3. The average Bonchev–Trinajstić information content (AvgIpc) is 2.96. The van der Waals surface area contributed by atoms with E-state index >= 15 is 0 Å². The molecule has 4 heteroatoms. The van der Waals surface area contributed by atoms with Crippen molar-refractivity contribution in [2.24, 2.45) is 0 Å². The molecule has 1 aromatic rings. The minimum Gasteiger partial charge on any atom is -0.333 e. The van der Waals surface area contributed by atoms with E-state index in [1.54, 1.807) is 0 Å². The van der Waals surface area contributed by atoms with Crippen molar-refractivity contribution < 1.29 is 9.59 Å². The fourth-order valence-electron chi connectivity index (χ4n) is 7.78. The average molecular weight is 493 g/mol. The van der Waals surface area contributed by atoms with Crippen molar-refractivity contribution >= 4 is 11.8 Å². The Kier molecular flexibility index (Phi) is 9.03. The maximum Gasteiger partial charge on any atom is 0.254 e. The fraction of sp³-hybridized carbons (Fsp3) is 0.750. The number of carbonyl (C=O) groups is 2. The van der Waals surface area contributed by atoms with Crippen LogP contribution in [0.3, 0.4) is 0 Å². The molecule has 0 bridgehead atoms. The number of amides is 2. The Morgan fingerprint density at radius 1 is 0.472 bits per heavy atom. The molecule has 4 saturated carbocycles. The molecule has 0 aromatic heterocycles. The van der Waals surface area contributed by atoms with Gasteiger partial charge in [-0.05, 0) is 69.6 Å². The first kappa shape index (κ1) is 25.8. The van der Waals surface area contributed by atoms with Crippen LogP contribution < -0.4 is 0 Å². The highest BCUT2D eigenvalue weighted by molar-refractivity contribution is 6.00. The van der Waals surface area contributed by atoms with E-state index in [0.717, 1.165) is 62.5 Å². The second kappa shape index (κ2) is 12.6. The van der Waals surface area contributed by atoms with Crippen molar-refractivity contribution in [1.29, 1.82) is 0 Å². The Hall–Kier alpha value is -1.84. The molecule has 4 fully saturated rings. The predicted octanol–water partition coefficient (Wildman–Crippen LogP) is 7.90. The molecule has 5 rings (SSSR count). The van der Waals surface area contributed by atoms with Gasteiger partial charge in [0.05, 0.1) is 0 Å². The van der Waals surface area contributed by atoms with Crippen LogP contribution in [0.15, 0.2) is 24.3 Å². The van der Waals surface area contributed by atoms with Crippen LogP contribution in [-0.2, 0) is 0 Å². The molecule has 0 atom stereocenters. The number of hydrogen-bond acceptors (Lipinski definition) is 2. The van der Waals surface area contributed by atoms with Gasteiger partial charge in [-0.15, -0.1) is 0 Å². The molecule has 0 N–H and O–H groups in total. The van der Waals surface area contributed by atoms with E-state index in [2.05, 4.69) is 9.80 Å². The number of nitrogens with zero attached hydrogens (tertiary/aromatic N) is 2. The lowest BCUT2D eigenvalue weighted by Gasteiger charge is -2.42. The summed E-state index contributed by atoms with van der Waals surface area (Å²) >= 11 is 0. The van der Waals surface area contributed by atoms with Gasteiger partial charge < -0.3 is 9.80 Å². The summed E-state index contributed by atoms with van der Waals surface area (Å²) < 4.78 is 0. The largest absolute Gasteiger partial charge is 0.333 e. The highest BCUT2D eigenvalue weighted by atomic mass is 16.2. The maximum atomic E-state index is 14.1. The van der Waals surface area contributed by atoms with E-state index in [1.165, 1.54) is 77.0 Å². The smallest absolute Gasteiger partial charge is 0.254 e. The highest BCUT2D eigenvalue weighted by Gasteiger charge is 2.35. The zero-order chi connectivity index (χ0) is 24.7. The third-order valence-corrected chi connectivity index (χ3v) is 9.70. The van der Waals surface area contributed by atoms with Crippen LogP contribution in [-0.4, -0.2) is 45.8 Å². The molecule has 0 spiro atoms. The molecule has 1 aromatic carbocycles. The third-order valence-electron chi connectivity index (χ3n) is 9.70. The molecular weight excluding hydrogens is 444 g/mol. The fourth-order valence-corrected chi connectivity index (χ4v) is 7.78. The van der Waals surface area contributed by atoms with E-state index in [4.69, 9.17) is 0 Å². The van der Waals surface area contributed by atoms with Crippen LogP contribution in [0.5, 0.6) is 0 Å². The number of hydrogen-bond donors (Lipinski definition) is 0. The SMILES string of the molecule is O=C(c1cccc(C(=O)N(C2CCCCC2)C2CCCCC2)c1)N(C1CCCCC1)C1CCCCC1. The first-order chi connectivity index (χ1) is 17.7. The lowest BCUT2D eigenvalue weighted by atomic mass is 9.87. The Labute approximate surface area is 219 Å². The molecule has 0 heterocycles. The molecule has 198 valence electrons. The van der Waals surface area contributed by atoms with Gasteiger partial charge >= 0.3 is 0 Å². The zero-order valence-corrected chi connectivity index (χ0v) is 22.5. The van der Waals surface area contributed by atoms with Crippen molar-refractivity contribution in [3.05, 3.63) is 35.4 Å². The van der Waals surface area contributed by atoms with Crippen molar-refractivity contribution in [2.45, 2.75) is 153 Å². The third kappa shape index (κ3) is 6.00. The lowest BCUT2D eigenvalue weighted by molar-refractivity contribution is 0.0446. The lowest BCUT2D eigenvalue weighted by Crippen LogP contribution is -2.49. The summed E-state index contributed by atoms with van der Waals surface area (Å²) in [5.74, 6) is 0.343. The summed E-state index contributed by atoms with van der Waals surface area (Å²) in [5.41, 5.74) is 1.45. The van der Waals surface area contributed by atoms with E-state index < -0.39 is 0 Å². The molecule has 2 amide bonds. The summed E-state index contributed by atoms with van der Waals surface area (Å²) in [6, 6.07) is 9.31. The summed E-state index contributed by atoms with van der Waals surface area (Å²) in [6.07, 6.45) is 24.2. The quantitative estimate of drug-likeness (QED) is 0.405. The summed E-state index contributed by atoms with van der Waals surface area (Å²) in [4.78, 5) is 32.7. The zero-order valence-electron chi connectivity index (χ0n) is 22.5. The van der Waals surface area contributed by atoms with Gasteiger partial charge in [0.15, 0.2) is 0 Å². The number of carbonyl (C=O) groups excluding carboxylic acids is 2. The minimum absolute atomic E-state index is 0.172. The van der Waals surface area contributed by atoms with Crippen LogP contribution in [0.2, 0.25) is 0 Å². The van der Waals surface area contributed by atoms with Crippen LogP contribution >= 0.6 is 0 Å². The van der Waals surface area contributed by atoms with Gasteiger partial charge in [0, 0.05) is 35.3 Å². The van der Waals surface area contributed by atoms with E-state index in [9.17, 15) is 9.59 Å². The van der Waals surface area contributed by atoms with Crippen molar-refractivity contribution in [2.75, 3.05) is 0 Å². The molecule has 0 radical (unpaired) electrons. The molecule has 4 aliphatic rings. The Morgan fingerprint density at radius 2 is 0.750 bits per heavy atom. The standard InChI is InChI=1S/C32H48N2O2/c35-31(33(27-16-5-1-6-17-27)28-18-7-2-8-19-28)25-14-13-15-26(24-25)32(36)34(29-20-9-3-10-21-29)30-22-11-4-12-23-30/h13-15,24,27-30H,1-12,16-23H2. The van der Waals surface area contributed by atoms with Crippen molar-refractivity contribution in [3.8, 4) is 0 Å². The number of rotatable bonds is 6. The second-order valence-electron chi connectivity index (χ2n) is 12.2. The minimum atomic E-state index is 0.172. The molecule has 4 nitrogen and oxygen atoms in total. The molecule has 0 unspecified atom stereocenters. The van der Waals surface area contributed by atoms with Gasteiger partial charge in [0.25, 0.3) is 11.8 Å². The van der Waals surface area contributed by atoms with Gasteiger partial charge in [-0.3, -0.25) is 9.59 Å². The Balaban J connectivity index is 1.39. The van der Waals surface area contributed by atoms with Gasteiger partial charge in [-0.2, -0.15) is 0 Å². The van der Waals surface area contributed by atoms with Crippen LogP contribution in [0, 0.1) is 0 Å². The molecule has 0 aliphatic heterocycles. The van der Waals surface area contributed by atoms with Crippen LogP contribution in [0.1, 0.15) is 149 Å². The van der Waals surface area contributed by atoms with E-state index in [0.29, 0.717) is 24.2 Å². The molecule has 4 aliphatic carbocycles. The van der Waals surface area contributed by atoms with Gasteiger partial charge in [0.2, 0.25) is 0 Å². The summed E-state index contributed by atoms with van der Waals surface area (Å²) in [5, 5.41) is 0. The molecule has 36 heavy (non-hydrogen) atoms. The van der Waals surface area contributed by atoms with Gasteiger partial charge in [-0.1, -0.05) is 83.1 Å². The summed E-state index contributed by atoms with van der Waals surface area (Å²) in [7, 11) is 0. The summed E-state index contributed by atoms with van der Waals surface area (Å²) in [6.45, 7) is 0. The Morgan fingerprint density at radius 3 is 1.03 bits per heavy atom. The van der Waals surface area contributed by atoms with Crippen LogP contribution in [0.25, 0.3) is 0 Å². The van der Waals surface area contributed by atoms with Gasteiger partial charge in [0.1, 0.15) is 0 Å². The topological polar surface area (TPSA) is 40.6 Å².